The molecular formula is C33H36ClN5O5S. The van der Waals surface area contributed by atoms with E-state index in [1.54, 1.807) is 32.1 Å². The Labute approximate surface area is 269 Å². The van der Waals surface area contributed by atoms with Crippen molar-refractivity contribution < 1.29 is 22.7 Å². The molecule has 0 aliphatic carbocycles. The number of benzene rings is 3. The van der Waals surface area contributed by atoms with Crippen molar-refractivity contribution in [2.45, 2.75) is 24.3 Å². The molecule has 1 unspecified atom stereocenters. The number of halogens is 1. The van der Waals surface area contributed by atoms with E-state index in [1.807, 2.05) is 54.6 Å². The number of amides is 1. The molecule has 1 atom stereocenters. The van der Waals surface area contributed by atoms with E-state index in [9.17, 15) is 13.2 Å². The van der Waals surface area contributed by atoms with Crippen LogP contribution in [0, 0.1) is 0 Å². The molecule has 10 nitrogen and oxygen atoms in total. The predicted octanol–water partition coefficient (Wildman–Crippen LogP) is 5.31. The number of aromatic nitrogens is 2. The van der Waals surface area contributed by atoms with Crippen LogP contribution in [0.5, 0.6) is 11.5 Å². The number of ether oxygens (including phenoxy) is 2. The SMILES string of the molecule is COc1ccc(-c2ccc(N3CCCN(C(=O)CN(C(C)c4ccccc4)S(=O)(=O)c4ccc(Cl)cc4)CC3)nn2)c(OC)c1. The number of methoxy groups -OCH3 is 2. The van der Waals surface area contributed by atoms with E-state index in [0.29, 0.717) is 60.6 Å². The van der Waals surface area contributed by atoms with Crippen LogP contribution in [-0.2, 0) is 14.8 Å². The third-order valence-electron chi connectivity index (χ3n) is 7.93. The Bertz CT molecular complexity index is 1710. The maximum absolute atomic E-state index is 13.9. The summed E-state index contributed by atoms with van der Waals surface area (Å²) in [7, 11) is -0.818. The van der Waals surface area contributed by atoms with Gasteiger partial charge in [-0.2, -0.15) is 4.31 Å². The summed E-state index contributed by atoms with van der Waals surface area (Å²) in [6.07, 6.45) is 0.694. The van der Waals surface area contributed by atoms with Gasteiger partial charge in [-0.05, 0) is 67.4 Å². The number of rotatable bonds is 10. The molecule has 1 amide bonds. The zero-order valence-electron chi connectivity index (χ0n) is 25.5. The smallest absolute Gasteiger partial charge is 0.244 e. The van der Waals surface area contributed by atoms with Gasteiger partial charge in [0.2, 0.25) is 15.9 Å². The molecule has 4 aromatic rings. The van der Waals surface area contributed by atoms with Crippen molar-refractivity contribution in [3.63, 3.8) is 0 Å². The lowest BCUT2D eigenvalue weighted by Gasteiger charge is -2.31. The van der Waals surface area contributed by atoms with Gasteiger partial charge in [-0.25, -0.2) is 8.42 Å². The second kappa shape index (κ2) is 14.3. The highest BCUT2D eigenvalue weighted by atomic mass is 35.5. The zero-order valence-corrected chi connectivity index (χ0v) is 27.0. The van der Waals surface area contributed by atoms with E-state index in [0.717, 1.165) is 11.1 Å². The summed E-state index contributed by atoms with van der Waals surface area (Å²) in [5.41, 5.74) is 2.26. The van der Waals surface area contributed by atoms with Crippen molar-refractivity contribution in [2.75, 3.05) is 51.8 Å². The van der Waals surface area contributed by atoms with E-state index in [-0.39, 0.29) is 17.3 Å². The largest absolute Gasteiger partial charge is 0.497 e. The second-order valence-corrected chi connectivity index (χ2v) is 13.0. The van der Waals surface area contributed by atoms with Gasteiger partial charge < -0.3 is 19.3 Å². The predicted molar refractivity (Wildman–Crippen MR) is 174 cm³/mol. The van der Waals surface area contributed by atoms with Gasteiger partial charge in [-0.3, -0.25) is 4.79 Å². The first kappa shape index (κ1) is 32.2. The van der Waals surface area contributed by atoms with Gasteiger partial charge in [0, 0.05) is 48.9 Å². The quantitative estimate of drug-likeness (QED) is 0.228. The Hall–Kier alpha value is -4.19. The molecule has 45 heavy (non-hydrogen) atoms. The Morgan fingerprint density at radius 1 is 0.911 bits per heavy atom. The summed E-state index contributed by atoms with van der Waals surface area (Å²) in [6.45, 7) is 3.63. The van der Waals surface area contributed by atoms with Gasteiger partial charge in [-0.15, -0.1) is 10.2 Å². The van der Waals surface area contributed by atoms with E-state index < -0.39 is 16.1 Å². The van der Waals surface area contributed by atoms with Gasteiger partial charge in [0.05, 0.1) is 31.4 Å². The molecule has 1 aliphatic rings. The molecule has 1 saturated heterocycles. The van der Waals surface area contributed by atoms with E-state index >= 15 is 0 Å². The maximum Gasteiger partial charge on any atom is 0.244 e. The number of hydrogen-bond donors (Lipinski definition) is 0. The molecule has 1 fully saturated rings. The number of sulfonamides is 1. The van der Waals surface area contributed by atoms with Crippen LogP contribution in [0.3, 0.4) is 0 Å². The van der Waals surface area contributed by atoms with Crippen LogP contribution in [0.15, 0.2) is 89.8 Å². The number of carbonyl (C=O) groups is 1. The number of anilines is 1. The van der Waals surface area contributed by atoms with E-state index in [1.165, 1.54) is 28.6 Å². The summed E-state index contributed by atoms with van der Waals surface area (Å²) in [5, 5.41) is 9.35. The fourth-order valence-electron chi connectivity index (χ4n) is 5.35. The minimum Gasteiger partial charge on any atom is -0.497 e. The fourth-order valence-corrected chi connectivity index (χ4v) is 7.04. The molecule has 3 aromatic carbocycles. The van der Waals surface area contributed by atoms with E-state index in [2.05, 4.69) is 15.1 Å². The van der Waals surface area contributed by atoms with Gasteiger partial charge in [-0.1, -0.05) is 41.9 Å². The topological polar surface area (TPSA) is 105 Å². The highest BCUT2D eigenvalue weighted by Gasteiger charge is 2.33. The maximum atomic E-state index is 13.9. The highest BCUT2D eigenvalue weighted by Crippen LogP contribution is 2.33. The van der Waals surface area contributed by atoms with Crippen molar-refractivity contribution in [2.24, 2.45) is 0 Å². The average Bonchev–Trinajstić information content (AvgIpc) is 3.34. The minimum absolute atomic E-state index is 0.0822. The molecule has 236 valence electrons. The lowest BCUT2D eigenvalue weighted by atomic mass is 10.1. The summed E-state index contributed by atoms with van der Waals surface area (Å²) < 4.78 is 39.8. The zero-order chi connectivity index (χ0) is 32.0. The first-order valence-electron chi connectivity index (χ1n) is 14.6. The van der Waals surface area contributed by atoms with Gasteiger partial charge >= 0.3 is 0 Å². The minimum atomic E-state index is -4.02. The van der Waals surface area contributed by atoms with Gasteiger partial charge in [0.1, 0.15) is 11.5 Å². The fraction of sp³-hybridized carbons (Fsp3) is 0.303. The Morgan fingerprint density at radius 3 is 2.33 bits per heavy atom. The Kier molecular flexibility index (Phi) is 10.2. The molecular weight excluding hydrogens is 614 g/mol. The van der Waals surface area contributed by atoms with Gasteiger partial charge in [0.15, 0.2) is 5.82 Å². The molecule has 2 heterocycles. The molecule has 1 aromatic heterocycles. The molecule has 5 rings (SSSR count). The average molecular weight is 650 g/mol. The standard InChI is InChI=1S/C33H36ClN5O5S/c1-24(25-8-5-4-6-9-25)39(45(41,42)28-13-10-26(34)11-14-28)23-33(40)38-19-7-18-37(20-21-38)32-17-16-30(35-36-32)29-15-12-27(43-2)22-31(29)44-3/h4-6,8-17,22,24H,7,18-21,23H2,1-3H3. The highest BCUT2D eigenvalue weighted by molar-refractivity contribution is 7.89. The monoisotopic (exact) mass is 649 g/mol. The van der Waals surface area contributed by atoms with Crippen LogP contribution in [0.1, 0.15) is 24.9 Å². The number of carbonyl (C=O) groups excluding carboxylic acids is 1. The molecule has 12 heteroatoms. The molecule has 0 bridgehead atoms. The molecule has 0 saturated carbocycles. The van der Waals surface area contributed by atoms with Crippen LogP contribution in [0.25, 0.3) is 11.3 Å². The third kappa shape index (κ3) is 7.38. The molecule has 1 aliphatic heterocycles. The third-order valence-corrected chi connectivity index (χ3v) is 10.1. The lowest BCUT2D eigenvalue weighted by molar-refractivity contribution is -0.131. The summed E-state index contributed by atoms with van der Waals surface area (Å²) in [5.74, 6) is 1.76. The van der Waals surface area contributed by atoms with Crippen molar-refractivity contribution in [3.8, 4) is 22.8 Å². The number of hydrogen-bond acceptors (Lipinski definition) is 8. The van der Waals surface area contributed by atoms with E-state index in [4.69, 9.17) is 21.1 Å². The Balaban J connectivity index is 1.30. The Morgan fingerprint density at radius 2 is 1.67 bits per heavy atom. The summed E-state index contributed by atoms with van der Waals surface area (Å²) >= 11 is 6.02. The van der Waals surface area contributed by atoms with Crippen LogP contribution in [0.4, 0.5) is 5.82 Å². The van der Waals surface area contributed by atoms with Crippen molar-refractivity contribution >= 4 is 33.3 Å². The molecule has 0 radical (unpaired) electrons. The first-order valence-corrected chi connectivity index (χ1v) is 16.4. The van der Waals surface area contributed by atoms with Crippen molar-refractivity contribution in [1.82, 2.24) is 19.4 Å². The summed E-state index contributed by atoms with van der Waals surface area (Å²) in [4.78, 5) is 17.6. The molecule has 0 N–H and O–H groups in total. The normalized spacial score (nSPS) is 14.6. The van der Waals surface area contributed by atoms with Crippen LogP contribution in [-0.4, -0.2) is 80.7 Å². The van der Waals surface area contributed by atoms with Crippen LogP contribution < -0.4 is 14.4 Å². The van der Waals surface area contributed by atoms with Crippen LogP contribution >= 0.6 is 11.6 Å². The van der Waals surface area contributed by atoms with Crippen molar-refractivity contribution in [1.29, 1.82) is 0 Å². The first-order chi connectivity index (χ1) is 21.7. The molecule has 0 spiro atoms. The second-order valence-electron chi connectivity index (χ2n) is 10.7. The lowest BCUT2D eigenvalue weighted by Crippen LogP contribution is -2.45. The number of nitrogens with zero attached hydrogens (tertiary/aromatic N) is 5. The van der Waals surface area contributed by atoms with Crippen LogP contribution in [0.2, 0.25) is 5.02 Å². The summed E-state index contributed by atoms with van der Waals surface area (Å²) in [6, 6.07) is 24.1. The van der Waals surface area contributed by atoms with Crippen molar-refractivity contribution in [3.05, 3.63) is 95.5 Å². The van der Waals surface area contributed by atoms with Gasteiger partial charge in [0.25, 0.3) is 0 Å².